The number of ether oxygens (including phenoxy) is 3. The predicted octanol–water partition coefficient (Wildman–Crippen LogP) is 3.83. The summed E-state index contributed by atoms with van der Waals surface area (Å²) in [6.45, 7) is 3.13. The van der Waals surface area contributed by atoms with Gasteiger partial charge in [0.2, 0.25) is 5.88 Å². The van der Waals surface area contributed by atoms with Crippen LogP contribution in [0.5, 0.6) is 5.75 Å². The van der Waals surface area contributed by atoms with Crippen LogP contribution in [0.25, 0.3) is 0 Å². The Morgan fingerprint density at radius 1 is 1.44 bits per heavy atom. The number of hydrogen-bond donors (Lipinski definition) is 1. The summed E-state index contributed by atoms with van der Waals surface area (Å²) in [4.78, 5) is 12.4. The van der Waals surface area contributed by atoms with Crippen LogP contribution in [-0.2, 0) is 14.3 Å². The van der Waals surface area contributed by atoms with Crippen LogP contribution >= 0.6 is 22.6 Å². The van der Waals surface area contributed by atoms with Crippen molar-refractivity contribution in [2.45, 2.75) is 26.1 Å². The van der Waals surface area contributed by atoms with Crippen LogP contribution < -0.4 is 10.5 Å². The molecule has 2 rings (SSSR count). The molecule has 1 aromatic carbocycles. The van der Waals surface area contributed by atoms with E-state index < -0.39 is 24.0 Å². The Bertz CT molecular complexity index is 872. The maximum atomic E-state index is 12.7. The van der Waals surface area contributed by atoms with Crippen molar-refractivity contribution in [2.24, 2.45) is 5.73 Å². The summed E-state index contributed by atoms with van der Waals surface area (Å²) in [5.41, 5.74) is 5.84. The normalized spacial score (nSPS) is 17.3. The first-order valence-electron chi connectivity index (χ1n) is 7.59. The van der Waals surface area contributed by atoms with Gasteiger partial charge in [0.1, 0.15) is 23.2 Å². The summed E-state index contributed by atoms with van der Waals surface area (Å²) in [5, 5.41) is 9.46. The highest BCUT2D eigenvalue weighted by Gasteiger charge is 2.37. The Kier molecular flexibility index (Phi) is 6.25. The lowest BCUT2D eigenvalue weighted by molar-refractivity contribution is -0.275. The number of carbonyl (C=O) groups is 1. The minimum absolute atomic E-state index is 0.0123. The van der Waals surface area contributed by atoms with Crippen molar-refractivity contribution in [1.29, 1.82) is 5.26 Å². The first kappa shape index (κ1) is 20.9. The Labute approximate surface area is 166 Å². The van der Waals surface area contributed by atoms with Crippen molar-refractivity contribution < 1.29 is 32.2 Å². The zero-order valence-electron chi connectivity index (χ0n) is 14.2. The topological polar surface area (TPSA) is 94.6 Å². The van der Waals surface area contributed by atoms with Gasteiger partial charge in [-0.05, 0) is 54.1 Å². The quantitative estimate of drug-likeness (QED) is 0.505. The molecule has 1 heterocycles. The number of hydrogen-bond acceptors (Lipinski definition) is 6. The molecule has 6 nitrogen and oxygen atoms in total. The lowest BCUT2D eigenvalue weighted by Crippen LogP contribution is -2.25. The lowest BCUT2D eigenvalue weighted by Gasteiger charge is -2.27. The van der Waals surface area contributed by atoms with E-state index in [2.05, 4.69) is 4.74 Å². The first-order chi connectivity index (χ1) is 12.6. The van der Waals surface area contributed by atoms with Crippen LogP contribution in [0.4, 0.5) is 13.2 Å². The maximum absolute atomic E-state index is 12.7. The standard InChI is InChI=1S/C17H14F3IN2O4/c1-3-25-16(24)13-8(2)26-15(23)10(7-22)14(13)9-4-5-11(21)12(6-9)27-17(18,19)20/h4-6,14H,3,23H2,1-2H3. The fourth-order valence-electron chi connectivity index (χ4n) is 2.59. The molecule has 1 atom stereocenters. The molecular formula is C17H14F3IN2O4. The highest BCUT2D eigenvalue weighted by atomic mass is 127. The highest BCUT2D eigenvalue weighted by Crippen LogP contribution is 2.41. The zero-order valence-corrected chi connectivity index (χ0v) is 16.3. The number of nitrogens with zero attached hydrogens (tertiary/aromatic N) is 1. The summed E-state index contributed by atoms with van der Waals surface area (Å²) in [5.74, 6) is -2.38. The molecule has 27 heavy (non-hydrogen) atoms. The highest BCUT2D eigenvalue weighted by molar-refractivity contribution is 14.1. The van der Waals surface area contributed by atoms with Gasteiger partial charge in [0.25, 0.3) is 0 Å². The molecule has 0 radical (unpaired) electrons. The number of nitrogens with two attached hydrogens (primary N) is 1. The molecule has 1 aliphatic heterocycles. The molecule has 10 heteroatoms. The van der Waals surface area contributed by atoms with Gasteiger partial charge in [-0.2, -0.15) is 5.26 Å². The average molecular weight is 494 g/mol. The van der Waals surface area contributed by atoms with Crippen LogP contribution in [0.3, 0.4) is 0 Å². The number of carbonyl (C=O) groups excluding carboxylic acids is 1. The molecule has 0 bridgehead atoms. The summed E-state index contributed by atoms with van der Waals surface area (Å²) in [7, 11) is 0. The second-order valence-electron chi connectivity index (χ2n) is 5.35. The van der Waals surface area contributed by atoms with Gasteiger partial charge in [-0.25, -0.2) is 4.79 Å². The fraction of sp³-hybridized carbons (Fsp3) is 0.294. The van der Waals surface area contributed by atoms with E-state index in [9.17, 15) is 23.2 Å². The van der Waals surface area contributed by atoms with Crippen molar-refractivity contribution in [2.75, 3.05) is 6.61 Å². The number of rotatable bonds is 4. The van der Waals surface area contributed by atoms with Gasteiger partial charge in [-0.1, -0.05) is 6.07 Å². The van der Waals surface area contributed by atoms with E-state index in [0.29, 0.717) is 0 Å². The van der Waals surface area contributed by atoms with Crippen molar-refractivity contribution in [3.05, 3.63) is 50.1 Å². The van der Waals surface area contributed by atoms with Crippen molar-refractivity contribution in [3.8, 4) is 11.8 Å². The van der Waals surface area contributed by atoms with Crippen LogP contribution in [-0.4, -0.2) is 18.9 Å². The molecular weight excluding hydrogens is 480 g/mol. The third-order valence-corrected chi connectivity index (χ3v) is 4.51. The monoisotopic (exact) mass is 494 g/mol. The van der Waals surface area contributed by atoms with Gasteiger partial charge < -0.3 is 19.9 Å². The number of allylic oxidation sites excluding steroid dienone is 2. The number of esters is 1. The summed E-state index contributed by atoms with van der Waals surface area (Å²) in [6, 6.07) is 5.84. The predicted molar refractivity (Wildman–Crippen MR) is 95.8 cm³/mol. The van der Waals surface area contributed by atoms with E-state index in [-0.39, 0.29) is 38.5 Å². The van der Waals surface area contributed by atoms with Crippen molar-refractivity contribution >= 4 is 28.6 Å². The minimum atomic E-state index is -4.89. The molecule has 144 valence electrons. The number of halogens is 4. The van der Waals surface area contributed by atoms with Crippen LogP contribution in [0.2, 0.25) is 0 Å². The molecule has 1 aliphatic rings. The fourth-order valence-corrected chi connectivity index (χ4v) is 3.04. The smallest absolute Gasteiger partial charge is 0.463 e. The van der Waals surface area contributed by atoms with Gasteiger partial charge >= 0.3 is 12.3 Å². The maximum Gasteiger partial charge on any atom is 0.573 e. The Morgan fingerprint density at radius 2 is 2.11 bits per heavy atom. The average Bonchev–Trinajstić information content (AvgIpc) is 2.55. The molecule has 2 N–H and O–H groups in total. The van der Waals surface area contributed by atoms with Gasteiger partial charge in [0.15, 0.2) is 0 Å². The van der Waals surface area contributed by atoms with Crippen LogP contribution in [0.15, 0.2) is 41.0 Å². The molecule has 0 amide bonds. The van der Waals surface area contributed by atoms with Crippen molar-refractivity contribution in [3.63, 3.8) is 0 Å². The molecule has 0 fully saturated rings. The number of nitriles is 1. The Morgan fingerprint density at radius 3 is 2.67 bits per heavy atom. The first-order valence-corrected chi connectivity index (χ1v) is 8.67. The number of benzene rings is 1. The summed E-state index contributed by atoms with van der Waals surface area (Å²) < 4.78 is 52.5. The van der Waals surface area contributed by atoms with E-state index in [1.54, 1.807) is 29.5 Å². The van der Waals surface area contributed by atoms with Crippen LogP contribution in [0.1, 0.15) is 25.3 Å². The molecule has 0 saturated heterocycles. The van der Waals surface area contributed by atoms with Gasteiger partial charge in [-0.3, -0.25) is 0 Å². The second kappa shape index (κ2) is 8.08. The van der Waals surface area contributed by atoms with Crippen LogP contribution in [0, 0.1) is 14.9 Å². The SMILES string of the molecule is CCOC(=O)C1=C(C)OC(N)=C(C#N)C1c1ccc(I)c(OC(F)(F)F)c1. The summed E-state index contributed by atoms with van der Waals surface area (Å²) in [6.07, 6.45) is -4.89. The van der Waals surface area contributed by atoms with Crippen molar-refractivity contribution in [1.82, 2.24) is 0 Å². The van der Waals surface area contributed by atoms with E-state index in [1.165, 1.54) is 19.1 Å². The third kappa shape index (κ3) is 4.65. The lowest BCUT2D eigenvalue weighted by atomic mass is 9.83. The van der Waals surface area contributed by atoms with Gasteiger partial charge in [0.05, 0.1) is 21.7 Å². The number of alkyl halides is 3. The summed E-state index contributed by atoms with van der Waals surface area (Å²) >= 11 is 1.69. The Balaban J connectivity index is 2.63. The minimum Gasteiger partial charge on any atom is -0.463 e. The largest absolute Gasteiger partial charge is 0.573 e. The molecule has 0 saturated carbocycles. The molecule has 0 spiro atoms. The Hall–Kier alpha value is -2.42. The molecule has 1 unspecified atom stereocenters. The third-order valence-electron chi connectivity index (χ3n) is 3.62. The molecule has 0 aliphatic carbocycles. The van der Waals surface area contributed by atoms with E-state index >= 15 is 0 Å². The van der Waals surface area contributed by atoms with Gasteiger partial charge in [0, 0.05) is 0 Å². The van der Waals surface area contributed by atoms with E-state index in [4.69, 9.17) is 15.2 Å². The second-order valence-corrected chi connectivity index (χ2v) is 6.51. The molecule has 1 aromatic rings. The van der Waals surface area contributed by atoms with Gasteiger partial charge in [-0.15, -0.1) is 13.2 Å². The molecule has 0 aromatic heterocycles. The van der Waals surface area contributed by atoms with E-state index in [0.717, 1.165) is 6.07 Å². The van der Waals surface area contributed by atoms with E-state index in [1.807, 2.05) is 6.07 Å². The zero-order chi connectivity index (χ0) is 20.4.